The van der Waals surface area contributed by atoms with Crippen molar-refractivity contribution in [3.05, 3.63) is 35.9 Å². The van der Waals surface area contributed by atoms with Crippen LogP contribution in [0.15, 0.2) is 35.5 Å². The Morgan fingerprint density at radius 3 is 2.68 bits per heavy atom. The van der Waals surface area contributed by atoms with Crippen molar-refractivity contribution in [2.45, 2.75) is 25.4 Å². The molecule has 1 N–H and O–H groups in total. The van der Waals surface area contributed by atoms with Crippen molar-refractivity contribution in [1.29, 1.82) is 0 Å². The fourth-order valence-corrected chi connectivity index (χ4v) is 2.69. The lowest BCUT2D eigenvalue weighted by Crippen LogP contribution is -2.40. The molecule has 6 heteroatoms. The van der Waals surface area contributed by atoms with E-state index in [1.54, 1.807) is 4.90 Å². The number of nitrogens with one attached hydrogen (secondary N) is 1. The Kier molecular flexibility index (Phi) is 4.37. The smallest absolute Gasteiger partial charge is 0.269 e. The van der Waals surface area contributed by atoms with Gasteiger partial charge in [0.15, 0.2) is 6.10 Å². The highest BCUT2D eigenvalue weighted by atomic mass is 16.6. The Bertz CT molecular complexity index is 580. The molecule has 0 spiro atoms. The molecule has 2 amide bonds. The Hall–Kier alpha value is -2.37. The van der Waals surface area contributed by atoms with E-state index in [1.165, 1.54) is 0 Å². The minimum atomic E-state index is -0.328. The number of likely N-dealkylation sites (tertiary alicyclic amines) is 1. The van der Waals surface area contributed by atoms with E-state index in [0.29, 0.717) is 12.1 Å². The third kappa shape index (κ3) is 3.27. The molecule has 1 aromatic rings. The summed E-state index contributed by atoms with van der Waals surface area (Å²) in [6.45, 7) is 1.59. The van der Waals surface area contributed by atoms with Crippen molar-refractivity contribution in [2.24, 2.45) is 5.16 Å². The first-order valence-corrected chi connectivity index (χ1v) is 7.57. The second-order valence-electron chi connectivity index (χ2n) is 5.52. The van der Waals surface area contributed by atoms with E-state index in [9.17, 15) is 9.59 Å². The quantitative estimate of drug-likeness (QED) is 0.909. The fraction of sp³-hybridized carbons (Fsp3) is 0.438. The fourth-order valence-electron chi connectivity index (χ4n) is 2.69. The maximum atomic E-state index is 12.0. The molecule has 0 unspecified atom stereocenters. The average molecular weight is 301 g/mol. The number of oxime groups is 1. The van der Waals surface area contributed by atoms with Gasteiger partial charge >= 0.3 is 0 Å². The van der Waals surface area contributed by atoms with E-state index in [2.05, 4.69) is 10.5 Å². The van der Waals surface area contributed by atoms with Gasteiger partial charge in [0.1, 0.15) is 5.71 Å². The summed E-state index contributed by atoms with van der Waals surface area (Å²) in [5.41, 5.74) is 1.32. The first-order valence-electron chi connectivity index (χ1n) is 7.57. The lowest BCUT2D eigenvalue weighted by atomic mass is 10.0. The predicted molar refractivity (Wildman–Crippen MR) is 81.1 cm³/mol. The van der Waals surface area contributed by atoms with Crippen molar-refractivity contribution < 1.29 is 14.4 Å². The molecule has 1 saturated heterocycles. The van der Waals surface area contributed by atoms with Crippen LogP contribution in [0.1, 0.15) is 30.9 Å². The summed E-state index contributed by atoms with van der Waals surface area (Å²) in [5, 5.41) is 6.48. The predicted octanol–water partition coefficient (Wildman–Crippen LogP) is 1.24. The minimum absolute atomic E-state index is 0.0217. The minimum Gasteiger partial charge on any atom is -0.387 e. The maximum Gasteiger partial charge on any atom is 0.269 e. The normalized spacial score (nSPS) is 20.5. The zero-order valence-electron chi connectivity index (χ0n) is 12.3. The lowest BCUT2D eigenvalue weighted by molar-refractivity contribution is -0.130. The highest BCUT2D eigenvalue weighted by Gasteiger charge is 2.28. The van der Waals surface area contributed by atoms with Gasteiger partial charge in [-0.15, -0.1) is 0 Å². The van der Waals surface area contributed by atoms with Gasteiger partial charge in [-0.2, -0.15) is 0 Å². The molecule has 2 heterocycles. The van der Waals surface area contributed by atoms with Crippen molar-refractivity contribution >= 4 is 17.5 Å². The third-order valence-electron chi connectivity index (χ3n) is 3.96. The SMILES string of the molecule is O=C(NCC(=O)N1CCCC1)C1=NO[C@@H](c2ccccc2)C1. The van der Waals surface area contributed by atoms with Crippen LogP contribution in [0.25, 0.3) is 0 Å². The number of benzene rings is 1. The van der Waals surface area contributed by atoms with Crippen LogP contribution in [0.5, 0.6) is 0 Å². The van der Waals surface area contributed by atoms with E-state index in [0.717, 1.165) is 31.5 Å². The summed E-state index contributed by atoms with van der Waals surface area (Å²) in [4.78, 5) is 31.0. The van der Waals surface area contributed by atoms with Crippen molar-refractivity contribution in [3.8, 4) is 0 Å². The van der Waals surface area contributed by atoms with Gasteiger partial charge in [0.25, 0.3) is 5.91 Å². The van der Waals surface area contributed by atoms with E-state index >= 15 is 0 Å². The largest absolute Gasteiger partial charge is 0.387 e. The molecule has 0 bridgehead atoms. The Morgan fingerprint density at radius 2 is 1.95 bits per heavy atom. The highest BCUT2D eigenvalue weighted by Crippen LogP contribution is 2.26. The van der Waals surface area contributed by atoms with Crippen LogP contribution in [-0.4, -0.2) is 42.1 Å². The summed E-state index contributed by atoms with van der Waals surface area (Å²) in [6.07, 6.45) is 2.28. The van der Waals surface area contributed by atoms with Gasteiger partial charge in [-0.25, -0.2) is 0 Å². The number of rotatable bonds is 4. The summed E-state index contributed by atoms with van der Waals surface area (Å²) >= 11 is 0. The number of nitrogens with zero attached hydrogens (tertiary/aromatic N) is 2. The summed E-state index contributed by atoms with van der Waals surface area (Å²) in [5.74, 6) is -0.365. The number of hydrogen-bond acceptors (Lipinski definition) is 4. The van der Waals surface area contributed by atoms with Crippen molar-refractivity contribution in [2.75, 3.05) is 19.6 Å². The molecule has 1 atom stereocenters. The molecule has 0 saturated carbocycles. The number of carbonyl (C=O) groups is 2. The number of carbonyl (C=O) groups excluding carboxylic acids is 2. The van der Waals surface area contributed by atoms with Crippen LogP contribution in [0, 0.1) is 0 Å². The highest BCUT2D eigenvalue weighted by molar-refractivity contribution is 6.39. The van der Waals surface area contributed by atoms with Gasteiger partial charge in [0.05, 0.1) is 6.54 Å². The van der Waals surface area contributed by atoms with Crippen molar-refractivity contribution in [1.82, 2.24) is 10.2 Å². The van der Waals surface area contributed by atoms with Gasteiger partial charge in [-0.1, -0.05) is 35.5 Å². The monoisotopic (exact) mass is 301 g/mol. The first kappa shape index (κ1) is 14.6. The van der Waals surface area contributed by atoms with Crippen LogP contribution >= 0.6 is 0 Å². The van der Waals surface area contributed by atoms with Gasteiger partial charge in [-0.3, -0.25) is 9.59 Å². The summed E-state index contributed by atoms with van der Waals surface area (Å²) < 4.78 is 0. The molecule has 0 radical (unpaired) electrons. The van der Waals surface area contributed by atoms with E-state index in [1.807, 2.05) is 30.3 Å². The molecule has 6 nitrogen and oxygen atoms in total. The standard InChI is InChI=1S/C16H19N3O3/c20-15(19-8-4-5-9-19)11-17-16(21)13-10-14(22-18-13)12-6-2-1-3-7-12/h1-3,6-7,14H,4-5,8-11H2,(H,17,21)/t14-/m1/s1. The molecular formula is C16H19N3O3. The lowest BCUT2D eigenvalue weighted by Gasteiger charge is -2.15. The molecule has 2 aliphatic rings. The van der Waals surface area contributed by atoms with Crippen LogP contribution in [0.4, 0.5) is 0 Å². The molecule has 2 aliphatic heterocycles. The zero-order chi connectivity index (χ0) is 15.4. The van der Waals surface area contributed by atoms with Gasteiger partial charge in [0, 0.05) is 19.5 Å². The Balaban J connectivity index is 1.48. The van der Waals surface area contributed by atoms with Crippen LogP contribution in [0.3, 0.4) is 0 Å². The van der Waals surface area contributed by atoms with Crippen molar-refractivity contribution in [3.63, 3.8) is 0 Å². The molecule has 1 aromatic carbocycles. The second kappa shape index (κ2) is 6.60. The molecule has 116 valence electrons. The van der Waals surface area contributed by atoms with Crippen LogP contribution in [-0.2, 0) is 14.4 Å². The first-order chi connectivity index (χ1) is 10.7. The average Bonchev–Trinajstić information content (AvgIpc) is 3.24. The maximum absolute atomic E-state index is 12.0. The van der Waals surface area contributed by atoms with Gasteiger partial charge < -0.3 is 15.1 Å². The molecule has 1 fully saturated rings. The third-order valence-corrected chi connectivity index (χ3v) is 3.96. The van der Waals surface area contributed by atoms with E-state index in [-0.39, 0.29) is 24.5 Å². The molecule has 0 aliphatic carbocycles. The number of hydrogen-bond donors (Lipinski definition) is 1. The topological polar surface area (TPSA) is 71.0 Å². The second-order valence-corrected chi connectivity index (χ2v) is 5.52. The molecular weight excluding hydrogens is 282 g/mol. The molecule has 3 rings (SSSR count). The van der Waals surface area contributed by atoms with Gasteiger partial charge in [0.2, 0.25) is 5.91 Å². The molecule has 22 heavy (non-hydrogen) atoms. The van der Waals surface area contributed by atoms with E-state index in [4.69, 9.17) is 4.84 Å². The zero-order valence-corrected chi connectivity index (χ0v) is 12.3. The van der Waals surface area contributed by atoms with Crippen LogP contribution < -0.4 is 5.32 Å². The molecule has 0 aromatic heterocycles. The Morgan fingerprint density at radius 1 is 1.23 bits per heavy atom. The van der Waals surface area contributed by atoms with Gasteiger partial charge in [-0.05, 0) is 18.4 Å². The number of amides is 2. The van der Waals surface area contributed by atoms with E-state index < -0.39 is 0 Å². The summed E-state index contributed by atoms with van der Waals surface area (Å²) in [6, 6.07) is 9.66. The van der Waals surface area contributed by atoms with Crippen LogP contribution in [0.2, 0.25) is 0 Å². The summed E-state index contributed by atoms with van der Waals surface area (Å²) in [7, 11) is 0. The Labute approximate surface area is 129 Å².